The average molecular weight is 216 g/mol. The van der Waals surface area contributed by atoms with Gasteiger partial charge in [-0.15, -0.1) is 0 Å². The summed E-state index contributed by atoms with van der Waals surface area (Å²) in [7, 11) is 2.60. The van der Waals surface area contributed by atoms with E-state index in [0.717, 1.165) is 12.8 Å². The zero-order valence-electron chi connectivity index (χ0n) is 9.02. The second-order valence-electron chi connectivity index (χ2n) is 3.46. The van der Waals surface area contributed by atoms with E-state index < -0.39 is 17.9 Å². The summed E-state index contributed by atoms with van der Waals surface area (Å²) in [4.78, 5) is 22.6. The molecular weight excluding hydrogens is 200 g/mol. The Morgan fingerprint density at radius 1 is 1.40 bits per heavy atom. The summed E-state index contributed by atoms with van der Waals surface area (Å²) in [5, 5.41) is 0. The number of carbonyl (C=O) groups is 2. The van der Waals surface area contributed by atoms with Crippen molar-refractivity contribution >= 4 is 11.9 Å². The van der Waals surface area contributed by atoms with Crippen molar-refractivity contribution in [2.45, 2.75) is 25.4 Å². The Balaban J connectivity index is 2.59. The van der Waals surface area contributed by atoms with Crippen LogP contribution in [-0.2, 0) is 23.8 Å². The third-order valence-electron chi connectivity index (χ3n) is 2.53. The minimum absolute atomic E-state index is 0.0217. The van der Waals surface area contributed by atoms with Crippen LogP contribution in [0.2, 0.25) is 0 Å². The van der Waals surface area contributed by atoms with E-state index in [4.69, 9.17) is 4.74 Å². The van der Waals surface area contributed by atoms with Crippen molar-refractivity contribution in [2.75, 3.05) is 20.8 Å². The summed E-state index contributed by atoms with van der Waals surface area (Å²) in [5.74, 6) is -1.36. The van der Waals surface area contributed by atoms with Gasteiger partial charge in [0.15, 0.2) is 0 Å². The molecule has 1 aliphatic rings. The van der Waals surface area contributed by atoms with E-state index in [1.54, 1.807) is 0 Å². The van der Waals surface area contributed by atoms with Gasteiger partial charge in [0.1, 0.15) is 0 Å². The van der Waals surface area contributed by atoms with Crippen LogP contribution in [0.25, 0.3) is 0 Å². The molecule has 0 amide bonds. The molecule has 5 nitrogen and oxygen atoms in total. The predicted molar refractivity (Wildman–Crippen MR) is 51.1 cm³/mol. The van der Waals surface area contributed by atoms with E-state index in [0.29, 0.717) is 6.61 Å². The fourth-order valence-corrected chi connectivity index (χ4v) is 1.70. The van der Waals surface area contributed by atoms with Crippen LogP contribution in [0.5, 0.6) is 0 Å². The fraction of sp³-hybridized carbons (Fsp3) is 0.800. The molecule has 0 spiro atoms. The van der Waals surface area contributed by atoms with Crippen molar-refractivity contribution in [1.82, 2.24) is 0 Å². The first kappa shape index (κ1) is 12.0. The van der Waals surface area contributed by atoms with Crippen molar-refractivity contribution in [3.63, 3.8) is 0 Å². The summed E-state index contributed by atoms with van der Waals surface area (Å²) >= 11 is 0. The molecule has 1 saturated heterocycles. The van der Waals surface area contributed by atoms with Gasteiger partial charge in [0.2, 0.25) is 0 Å². The van der Waals surface area contributed by atoms with Crippen LogP contribution in [-0.4, -0.2) is 38.9 Å². The maximum Gasteiger partial charge on any atom is 0.311 e. The van der Waals surface area contributed by atoms with Gasteiger partial charge < -0.3 is 14.2 Å². The van der Waals surface area contributed by atoms with Gasteiger partial charge in [-0.05, 0) is 12.8 Å². The molecule has 15 heavy (non-hydrogen) atoms. The molecule has 5 heteroatoms. The van der Waals surface area contributed by atoms with E-state index in [1.165, 1.54) is 14.2 Å². The van der Waals surface area contributed by atoms with Gasteiger partial charge in [0, 0.05) is 6.61 Å². The van der Waals surface area contributed by atoms with Crippen LogP contribution in [0, 0.1) is 5.92 Å². The Labute approximate surface area is 88.7 Å². The molecule has 1 rings (SSSR count). The number of methoxy groups -OCH3 is 2. The molecule has 0 aromatic heterocycles. The number of carbonyl (C=O) groups excluding carboxylic acids is 2. The van der Waals surface area contributed by atoms with Gasteiger partial charge >= 0.3 is 11.9 Å². The van der Waals surface area contributed by atoms with Gasteiger partial charge in [-0.2, -0.15) is 0 Å². The van der Waals surface area contributed by atoms with Crippen molar-refractivity contribution in [3.8, 4) is 0 Å². The van der Waals surface area contributed by atoms with Crippen LogP contribution >= 0.6 is 0 Å². The molecule has 1 heterocycles. The Hall–Kier alpha value is -1.10. The first-order valence-electron chi connectivity index (χ1n) is 4.95. The van der Waals surface area contributed by atoms with Crippen molar-refractivity contribution < 1.29 is 23.8 Å². The molecule has 0 bridgehead atoms. The fourth-order valence-electron chi connectivity index (χ4n) is 1.70. The van der Waals surface area contributed by atoms with Crippen LogP contribution in [0.15, 0.2) is 0 Å². The maximum atomic E-state index is 11.4. The third-order valence-corrected chi connectivity index (χ3v) is 2.53. The minimum atomic E-state index is -0.537. The number of rotatable bonds is 4. The first-order valence-corrected chi connectivity index (χ1v) is 4.95. The van der Waals surface area contributed by atoms with Crippen LogP contribution < -0.4 is 0 Å². The molecule has 0 N–H and O–H groups in total. The zero-order valence-corrected chi connectivity index (χ0v) is 9.02. The SMILES string of the molecule is COC(=O)C[C@@H](C(=O)OC)[C@@H]1CCCO1. The van der Waals surface area contributed by atoms with E-state index in [9.17, 15) is 9.59 Å². The van der Waals surface area contributed by atoms with Crippen molar-refractivity contribution in [3.05, 3.63) is 0 Å². The monoisotopic (exact) mass is 216 g/mol. The summed E-state index contributed by atoms with van der Waals surface area (Å²) in [6.45, 7) is 0.638. The normalized spacial score (nSPS) is 22.1. The Kier molecular flexibility index (Phi) is 4.55. The number of esters is 2. The quantitative estimate of drug-likeness (QED) is 0.641. The smallest absolute Gasteiger partial charge is 0.311 e. The summed E-state index contributed by atoms with van der Waals surface area (Å²) in [5.41, 5.74) is 0. The van der Waals surface area contributed by atoms with Crippen molar-refractivity contribution in [2.24, 2.45) is 5.92 Å². The van der Waals surface area contributed by atoms with Crippen LogP contribution in [0.3, 0.4) is 0 Å². The van der Waals surface area contributed by atoms with E-state index in [1.807, 2.05) is 0 Å². The molecule has 0 aromatic carbocycles. The molecule has 0 radical (unpaired) electrons. The third kappa shape index (κ3) is 3.20. The number of hydrogen-bond acceptors (Lipinski definition) is 5. The second kappa shape index (κ2) is 5.70. The van der Waals surface area contributed by atoms with Crippen LogP contribution in [0.4, 0.5) is 0 Å². The maximum absolute atomic E-state index is 11.4. The van der Waals surface area contributed by atoms with Crippen molar-refractivity contribution in [1.29, 1.82) is 0 Å². The highest BCUT2D eigenvalue weighted by molar-refractivity contribution is 5.80. The topological polar surface area (TPSA) is 61.8 Å². The minimum Gasteiger partial charge on any atom is -0.469 e. The highest BCUT2D eigenvalue weighted by Gasteiger charge is 2.34. The number of ether oxygens (including phenoxy) is 3. The standard InChI is InChI=1S/C10H16O5/c1-13-9(11)6-7(10(12)14-2)8-4-3-5-15-8/h7-8H,3-6H2,1-2H3/t7-,8+/m1/s1. The van der Waals surface area contributed by atoms with E-state index >= 15 is 0 Å². The Morgan fingerprint density at radius 2 is 2.13 bits per heavy atom. The molecule has 86 valence electrons. The summed E-state index contributed by atoms with van der Waals surface area (Å²) in [6, 6.07) is 0. The molecular formula is C10H16O5. The van der Waals surface area contributed by atoms with Gasteiger partial charge in [0.05, 0.1) is 32.7 Å². The van der Waals surface area contributed by atoms with E-state index in [2.05, 4.69) is 9.47 Å². The Bertz CT molecular complexity index is 232. The average Bonchev–Trinajstić information content (AvgIpc) is 2.77. The molecule has 2 atom stereocenters. The Morgan fingerprint density at radius 3 is 2.60 bits per heavy atom. The van der Waals surface area contributed by atoms with Gasteiger partial charge in [-0.25, -0.2) is 0 Å². The molecule has 1 aliphatic heterocycles. The lowest BCUT2D eigenvalue weighted by Gasteiger charge is -2.19. The van der Waals surface area contributed by atoms with Gasteiger partial charge in [0.25, 0.3) is 0 Å². The highest BCUT2D eigenvalue weighted by atomic mass is 16.5. The zero-order chi connectivity index (χ0) is 11.3. The van der Waals surface area contributed by atoms with E-state index in [-0.39, 0.29) is 12.5 Å². The number of hydrogen-bond donors (Lipinski definition) is 0. The van der Waals surface area contributed by atoms with Gasteiger partial charge in [-0.1, -0.05) is 0 Å². The molecule has 0 aromatic rings. The molecule has 0 unspecified atom stereocenters. The van der Waals surface area contributed by atoms with Crippen LogP contribution in [0.1, 0.15) is 19.3 Å². The lowest BCUT2D eigenvalue weighted by molar-refractivity contribution is -0.156. The lowest BCUT2D eigenvalue weighted by Crippen LogP contribution is -2.31. The second-order valence-corrected chi connectivity index (χ2v) is 3.46. The summed E-state index contributed by atoms with van der Waals surface area (Å²) in [6.07, 6.45) is 1.51. The molecule has 0 saturated carbocycles. The lowest BCUT2D eigenvalue weighted by atomic mass is 9.96. The molecule has 0 aliphatic carbocycles. The largest absolute Gasteiger partial charge is 0.469 e. The molecule has 1 fully saturated rings. The summed E-state index contributed by atoms with van der Waals surface area (Å²) < 4.78 is 14.6. The first-order chi connectivity index (χ1) is 7.19. The predicted octanol–water partition coefficient (Wildman–Crippen LogP) is 0.518. The highest BCUT2D eigenvalue weighted by Crippen LogP contribution is 2.24. The van der Waals surface area contributed by atoms with Gasteiger partial charge in [-0.3, -0.25) is 9.59 Å².